The van der Waals surface area contributed by atoms with E-state index in [1.54, 1.807) is 0 Å². The first-order chi connectivity index (χ1) is 15.7. The summed E-state index contributed by atoms with van der Waals surface area (Å²) in [7, 11) is 0. The largest absolute Gasteiger partial charge is 0.490 e. The summed E-state index contributed by atoms with van der Waals surface area (Å²) in [5.74, 6) is 3.45. The molecule has 1 aliphatic heterocycles. The second kappa shape index (κ2) is 8.44. The molecule has 1 atom stereocenters. The summed E-state index contributed by atoms with van der Waals surface area (Å²) in [5, 5.41) is 16.7. The summed E-state index contributed by atoms with van der Waals surface area (Å²) in [6.07, 6.45) is 7.09. The molecular formula is C25H30F3N3O2. The van der Waals surface area contributed by atoms with Gasteiger partial charge in [0.2, 0.25) is 0 Å². The molecular weight excluding hydrogens is 431 g/mol. The lowest BCUT2D eigenvalue weighted by Gasteiger charge is -2.56. The molecule has 1 N–H and O–H groups in total. The summed E-state index contributed by atoms with van der Waals surface area (Å²) in [5.41, 5.74) is 1.87. The van der Waals surface area contributed by atoms with Crippen LogP contribution in [0.4, 0.5) is 13.2 Å². The van der Waals surface area contributed by atoms with Crippen molar-refractivity contribution in [1.29, 1.82) is 0 Å². The van der Waals surface area contributed by atoms with Crippen LogP contribution in [-0.2, 0) is 23.2 Å². The average molecular weight is 462 g/mol. The monoisotopic (exact) mass is 461 g/mol. The number of halogens is 3. The van der Waals surface area contributed by atoms with Crippen LogP contribution < -0.4 is 0 Å². The summed E-state index contributed by atoms with van der Waals surface area (Å²) in [6.45, 7) is 1.11. The van der Waals surface area contributed by atoms with E-state index in [0.29, 0.717) is 11.3 Å². The zero-order valence-electron chi connectivity index (χ0n) is 18.6. The van der Waals surface area contributed by atoms with E-state index in [2.05, 4.69) is 34.9 Å². The molecule has 4 aliphatic carbocycles. The maximum atomic E-state index is 10.6. The second-order valence-corrected chi connectivity index (χ2v) is 10.5. The van der Waals surface area contributed by atoms with Gasteiger partial charge in [-0.3, -0.25) is 0 Å². The Labute approximate surface area is 191 Å². The number of carboxylic acids is 1. The SMILES string of the molecule is O=C(O)C(F)(F)F.c1ccc(C2CCc3nnc(C45CC6CC(CC(C6)C4)C5)n3CC2)cc1. The van der Waals surface area contributed by atoms with Crippen LogP contribution in [0.3, 0.4) is 0 Å². The molecule has 4 saturated carbocycles. The number of hydrogen-bond donors (Lipinski definition) is 1. The van der Waals surface area contributed by atoms with Crippen molar-refractivity contribution in [1.82, 2.24) is 14.8 Å². The molecule has 1 aromatic carbocycles. The Bertz CT molecular complexity index is 967. The van der Waals surface area contributed by atoms with Crippen molar-refractivity contribution in [2.24, 2.45) is 17.8 Å². The minimum absolute atomic E-state index is 0.368. The maximum Gasteiger partial charge on any atom is 0.490 e. The van der Waals surface area contributed by atoms with Gasteiger partial charge in [0, 0.05) is 18.4 Å². The van der Waals surface area contributed by atoms with E-state index in [0.717, 1.165) is 30.7 Å². The highest BCUT2D eigenvalue weighted by molar-refractivity contribution is 5.73. The van der Waals surface area contributed by atoms with E-state index in [4.69, 9.17) is 20.1 Å². The van der Waals surface area contributed by atoms with Crippen LogP contribution in [0, 0.1) is 17.8 Å². The highest BCUT2D eigenvalue weighted by Crippen LogP contribution is 2.60. The molecule has 4 bridgehead atoms. The molecule has 4 fully saturated rings. The minimum Gasteiger partial charge on any atom is -0.475 e. The number of aryl methyl sites for hydroxylation is 1. The van der Waals surface area contributed by atoms with Crippen LogP contribution in [0.1, 0.15) is 74.5 Å². The van der Waals surface area contributed by atoms with E-state index >= 15 is 0 Å². The fourth-order valence-corrected chi connectivity index (χ4v) is 7.32. The Morgan fingerprint density at radius 2 is 1.55 bits per heavy atom. The Kier molecular flexibility index (Phi) is 5.73. The second-order valence-electron chi connectivity index (χ2n) is 10.5. The quantitative estimate of drug-likeness (QED) is 0.641. The van der Waals surface area contributed by atoms with Gasteiger partial charge >= 0.3 is 12.1 Å². The third-order valence-electron chi connectivity index (χ3n) is 8.27. The van der Waals surface area contributed by atoms with Crippen molar-refractivity contribution >= 4 is 5.97 Å². The molecule has 0 spiro atoms. The Hall–Kier alpha value is -2.38. The van der Waals surface area contributed by atoms with Crippen molar-refractivity contribution in [3.05, 3.63) is 47.5 Å². The first kappa shape index (κ1) is 22.4. The third-order valence-corrected chi connectivity index (χ3v) is 8.27. The fraction of sp³-hybridized carbons (Fsp3) is 0.640. The van der Waals surface area contributed by atoms with E-state index in [1.807, 2.05) is 0 Å². The van der Waals surface area contributed by atoms with E-state index in [-0.39, 0.29) is 0 Å². The van der Waals surface area contributed by atoms with Gasteiger partial charge in [-0.15, -0.1) is 10.2 Å². The summed E-state index contributed by atoms with van der Waals surface area (Å²) >= 11 is 0. The van der Waals surface area contributed by atoms with E-state index < -0.39 is 12.1 Å². The predicted molar refractivity (Wildman–Crippen MR) is 116 cm³/mol. The zero-order valence-corrected chi connectivity index (χ0v) is 18.6. The van der Waals surface area contributed by atoms with E-state index in [9.17, 15) is 13.2 Å². The van der Waals surface area contributed by atoms with Gasteiger partial charge in [0.15, 0.2) is 0 Å². The van der Waals surface area contributed by atoms with Crippen LogP contribution in [-0.4, -0.2) is 32.0 Å². The van der Waals surface area contributed by atoms with Gasteiger partial charge in [-0.05, 0) is 80.6 Å². The summed E-state index contributed by atoms with van der Waals surface area (Å²) in [4.78, 5) is 8.90. The molecule has 1 unspecified atom stereocenters. The number of carboxylic acid groups (broad SMARTS) is 1. The highest BCUT2D eigenvalue weighted by atomic mass is 19.4. The predicted octanol–water partition coefficient (Wildman–Crippen LogP) is 5.50. The number of nitrogens with zero attached hydrogens (tertiary/aromatic N) is 3. The lowest BCUT2D eigenvalue weighted by atomic mass is 9.49. The Morgan fingerprint density at radius 3 is 2.09 bits per heavy atom. The average Bonchev–Trinajstić information content (AvgIpc) is 3.06. The van der Waals surface area contributed by atoms with Gasteiger partial charge in [-0.1, -0.05) is 30.3 Å². The van der Waals surface area contributed by atoms with Crippen molar-refractivity contribution < 1.29 is 23.1 Å². The van der Waals surface area contributed by atoms with Gasteiger partial charge in [-0.2, -0.15) is 13.2 Å². The van der Waals surface area contributed by atoms with Crippen LogP contribution in [0.25, 0.3) is 0 Å². The fourth-order valence-electron chi connectivity index (χ4n) is 7.32. The first-order valence-electron chi connectivity index (χ1n) is 12.0. The standard InChI is InChI=1S/C23H29N3.C2HF3O2/c1-2-4-19(5-3-1)20-6-7-21-24-25-22(26(21)9-8-20)23-13-16-10-17(14-23)12-18(11-16)15-23;3-2(4,5)1(6)7/h1-5,16-18,20H,6-15H2;(H,6,7). The number of rotatable bonds is 2. The van der Waals surface area contributed by atoms with Crippen LogP contribution >= 0.6 is 0 Å². The molecule has 178 valence electrons. The van der Waals surface area contributed by atoms with Crippen molar-refractivity contribution in [3.63, 3.8) is 0 Å². The normalized spacial score (nSPS) is 32.5. The number of fused-ring (bicyclic) bond motifs is 1. The molecule has 2 aromatic rings. The Balaban J connectivity index is 0.000000287. The van der Waals surface area contributed by atoms with Crippen molar-refractivity contribution in [3.8, 4) is 0 Å². The minimum atomic E-state index is -5.08. The molecule has 8 heteroatoms. The molecule has 0 radical (unpaired) electrons. The topological polar surface area (TPSA) is 68.0 Å². The van der Waals surface area contributed by atoms with Crippen molar-refractivity contribution in [2.45, 2.75) is 81.8 Å². The highest BCUT2D eigenvalue weighted by Gasteiger charge is 2.54. The zero-order chi connectivity index (χ0) is 23.2. The number of aliphatic carboxylic acids is 1. The molecule has 5 aliphatic rings. The maximum absolute atomic E-state index is 10.6. The van der Waals surface area contributed by atoms with Crippen LogP contribution in [0.15, 0.2) is 30.3 Å². The van der Waals surface area contributed by atoms with Crippen molar-refractivity contribution in [2.75, 3.05) is 0 Å². The van der Waals surface area contributed by atoms with Gasteiger partial charge in [0.25, 0.3) is 0 Å². The lowest BCUT2D eigenvalue weighted by Crippen LogP contribution is -2.49. The molecule has 1 aromatic heterocycles. The number of hydrogen-bond acceptors (Lipinski definition) is 3. The summed E-state index contributed by atoms with van der Waals surface area (Å²) < 4.78 is 34.3. The number of alkyl halides is 3. The molecule has 33 heavy (non-hydrogen) atoms. The van der Waals surface area contributed by atoms with Gasteiger partial charge in [-0.25, -0.2) is 4.79 Å². The molecule has 5 nitrogen and oxygen atoms in total. The smallest absolute Gasteiger partial charge is 0.475 e. The van der Waals surface area contributed by atoms with Gasteiger partial charge in [0.1, 0.15) is 11.6 Å². The summed E-state index contributed by atoms with van der Waals surface area (Å²) in [6, 6.07) is 11.1. The lowest BCUT2D eigenvalue weighted by molar-refractivity contribution is -0.192. The molecule has 7 rings (SSSR count). The molecule has 0 saturated heterocycles. The van der Waals surface area contributed by atoms with Gasteiger partial charge < -0.3 is 9.67 Å². The number of benzene rings is 1. The van der Waals surface area contributed by atoms with Gasteiger partial charge in [0.05, 0.1) is 0 Å². The number of carbonyl (C=O) groups is 1. The Morgan fingerprint density at radius 1 is 0.970 bits per heavy atom. The van der Waals surface area contributed by atoms with Crippen LogP contribution in [0.2, 0.25) is 0 Å². The van der Waals surface area contributed by atoms with Crippen LogP contribution in [0.5, 0.6) is 0 Å². The third kappa shape index (κ3) is 4.41. The number of aromatic nitrogens is 3. The van der Waals surface area contributed by atoms with E-state index in [1.165, 1.54) is 68.6 Å². The molecule has 2 heterocycles. The first-order valence-corrected chi connectivity index (χ1v) is 12.0. The molecule has 0 amide bonds.